The number of carbonyl (C=O) groups is 1. The Morgan fingerprint density at radius 2 is 2.32 bits per heavy atom. The molecule has 1 unspecified atom stereocenters. The van der Waals surface area contributed by atoms with Crippen LogP contribution < -0.4 is 11.1 Å². The van der Waals surface area contributed by atoms with Crippen molar-refractivity contribution in [3.8, 4) is 0 Å². The number of oxazole rings is 1. The first-order valence-electron chi connectivity index (χ1n) is 6.22. The average Bonchev–Trinajstić information content (AvgIpc) is 2.76. The normalized spacial score (nSPS) is 20.8. The molecule has 1 atom stereocenters. The van der Waals surface area contributed by atoms with Gasteiger partial charge < -0.3 is 14.6 Å². The van der Waals surface area contributed by atoms with E-state index in [1.54, 1.807) is 18.2 Å². The minimum atomic E-state index is -0.505. The number of hydrogen-bond acceptors (Lipinski definition) is 5. The monoisotopic (exact) mass is 261 g/mol. The van der Waals surface area contributed by atoms with Crippen LogP contribution in [-0.2, 0) is 0 Å². The van der Waals surface area contributed by atoms with Gasteiger partial charge in [0.1, 0.15) is 0 Å². The Balaban J connectivity index is 1.90. The van der Waals surface area contributed by atoms with Gasteiger partial charge in [0.05, 0.1) is 11.6 Å². The lowest BCUT2D eigenvalue weighted by atomic mass is 10.0. The third-order valence-electron chi connectivity index (χ3n) is 3.40. The van der Waals surface area contributed by atoms with Crippen molar-refractivity contribution >= 4 is 16.9 Å². The lowest BCUT2D eigenvalue weighted by Gasteiger charge is -2.29. The van der Waals surface area contributed by atoms with Crippen molar-refractivity contribution in [1.29, 1.82) is 0 Å². The van der Waals surface area contributed by atoms with E-state index in [9.17, 15) is 9.59 Å². The lowest BCUT2D eigenvalue weighted by molar-refractivity contribution is 0.0894. The fraction of sp³-hybridized carbons (Fsp3) is 0.385. The lowest BCUT2D eigenvalue weighted by Crippen LogP contribution is -2.52. The van der Waals surface area contributed by atoms with Crippen molar-refractivity contribution in [2.45, 2.75) is 6.04 Å². The Morgan fingerprint density at radius 3 is 3.11 bits per heavy atom. The van der Waals surface area contributed by atoms with Gasteiger partial charge in [-0.3, -0.25) is 9.78 Å². The Labute approximate surface area is 109 Å². The van der Waals surface area contributed by atoms with Gasteiger partial charge in [-0.05, 0) is 25.2 Å². The number of nitrogens with one attached hydrogen (secondary N) is 2. The van der Waals surface area contributed by atoms with Gasteiger partial charge in [-0.2, -0.15) is 0 Å². The summed E-state index contributed by atoms with van der Waals surface area (Å²) in [5.41, 5.74) is 1.58. The summed E-state index contributed by atoms with van der Waals surface area (Å²) >= 11 is 0. The van der Waals surface area contributed by atoms with Gasteiger partial charge >= 0.3 is 5.76 Å². The van der Waals surface area contributed by atoms with Crippen molar-refractivity contribution in [3.05, 3.63) is 34.3 Å². The topological polar surface area (TPSA) is 78.3 Å². The largest absolute Gasteiger partial charge is 0.417 e. The summed E-state index contributed by atoms with van der Waals surface area (Å²) in [7, 11) is 2.00. The molecule has 1 aliphatic rings. The molecule has 0 bridgehead atoms. The fourth-order valence-electron chi connectivity index (χ4n) is 2.37. The van der Waals surface area contributed by atoms with Crippen molar-refractivity contribution in [2.75, 3.05) is 26.7 Å². The molecule has 2 aromatic rings. The minimum Gasteiger partial charge on any atom is -0.408 e. The number of piperazine rings is 1. The molecule has 100 valence electrons. The molecule has 1 aromatic carbocycles. The van der Waals surface area contributed by atoms with Crippen LogP contribution in [-0.4, -0.2) is 48.4 Å². The first-order valence-corrected chi connectivity index (χ1v) is 6.22. The molecule has 1 aliphatic heterocycles. The summed E-state index contributed by atoms with van der Waals surface area (Å²) in [6.07, 6.45) is 0. The Bertz CT molecular complexity index is 673. The quantitative estimate of drug-likeness (QED) is 0.755. The molecular formula is C13H15N3O3. The fourth-order valence-corrected chi connectivity index (χ4v) is 2.37. The van der Waals surface area contributed by atoms with Crippen LogP contribution in [0.25, 0.3) is 11.1 Å². The highest BCUT2D eigenvalue weighted by Crippen LogP contribution is 2.14. The predicted octanol–water partition coefficient (Wildman–Crippen LogP) is 0.207. The maximum atomic E-state index is 12.4. The SMILES string of the molecule is CN1CCNC(C(=O)c2ccc3[nH]c(=O)oc3c2)C1. The van der Waals surface area contributed by atoms with Crippen LogP contribution >= 0.6 is 0 Å². The van der Waals surface area contributed by atoms with E-state index in [2.05, 4.69) is 15.2 Å². The molecule has 2 heterocycles. The van der Waals surface area contributed by atoms with E-state index in [-0.39, 0.29) is 11.8 Å². The van der Waals surface area contributed by atoms with Crippen LogP contribution in [0.4, 0.5) is 0 Å². The first-order chi connectivity index (χ1) is 9.13. The second-order valence-corrected chi connectivity index (χ2v) is 4.86. The maximum Gasteiger partial charge on any atom is 0.417 e. The highest BCUT2D eigenvalue weighted by atomic mass is 16.4. The number of benzene rings is 1. The Hall–Kier alpha value is -1.92. The molecule has 6 heteroatoms. The summed E-state index contributed by atoms with van der Waals surface area (Å²) in [4.78, 5) is 28.1. The van der Waals surface area contributed by atoms with Gasteiger partial charge in [-0.1, -0.05) is 0 Å². The molecule has 6 nitrogen and oxygen atoms in total. The molecule has 3 rings (SSSR count). The third kappa shape index (κ3) is 2.32. The molecule has 0 saturated carbocycles. The van der Waals surface area contributed by atoms with Crippen LogP contribution in [0.15, 0.2) is 27.4 Å². The number of Topliss-reactive ketones (excluding diaryl/α,β-unsaturated/α-hetero) is 1. The van der Waals surface area contributed by atoms with Crippen LogP contribution in [0, 0.1) is 0 Å². The number of fused-ring (bicyclic) bond motifs is 1. The van der Waals surface area contributed by atoms with E-state index < -0.39 is 5.76 Å². The highest BCUT2D eigenvalue weighted by molar-refractivity contribution is 6.02. The zero-order chi connectivity index (χ0) is 13.4. The number of hydrogen-bond donors (Lipinski definition) is 2. The molecule has 0 radical (unpaired) electrons. The molecule has 1 fully saturated rings. The zero-order valence-electron chi connectivity index (χ0n) is 10.6. The molecule has 0 spiro atoms. The van der Waals surface area contributed by atoms with E-state index in [1.165, 1.54) is 0 Å². The van der Waals surface area contributed by atoms with Gasteiger partial charge in [-0.25, -0.2) is 4.79 Å². The zero-order valence-corrected chi connectivity index (χ0v) is 10.6. The second kappa shape index (κ2) is 4.64. The smallest absolute Gasteiger partial charge is 0.408 e. The van der Waals surface area contributed by atoms with Crippen LogP contribution in [0.5, 0.6) is 0 Å². The van der Waals surface area contributed by atoms with E-state index in [0.717, 1.165) is 13.1 Å². The van der Waals surface area contributed by atoms with E-state index in [4.69, 9.17) is 4.42 Å². The van der Waals surface area contributed by atoms with Crippen LogP contribution in [0.3, 0.4) is 0 Å². The average molecular weight is 261 g/mol. The Morgan fingerprint density at radius 1 is 1.47 bits per heavy atom. The number of ketones is 1. The molecule has 1 saturated heterocycles. The van der Waals surface area contributed by atoms with Gasteiger partial charge in [-0.15, -0.1) is 0 Å². The molecular weight excluding hydrogens is 246 g/mol. The summed E-state index contributed by atoms with van der Waals surface area (Å²) in [5.74, 6) is -0.479. The van der Waals surface area contributed by atoms with E-state index >= 15 is 0 Å². The van der Waals surface area contributed by atoms with Crippen LogP contribution in [0.2, 0.25) is 0 Å². The molecule has 1 aromatic heterocycles. The van der Waals surface area contributed by atoms with Gasteiger partial charge in [0.25, 0.3) is 0 Å². The Kier molecular flexibility index (Phi) is 2.96. The number of rotatable bonds is 2. The summed E-state index contributed by atoms with van der Waals surface area (Å²) in [6.45, 7) is 2.43. The van der Waals surface area contributed by atoms with Gasteiger partial charge in [0.2, 0.25) is 0 Å². The third-order valence-corrected chi connectivity index (χ3v) is 3.40. The van der Waals surface area contributed by atoms with E-state index in [0.29, 0.717) is 23.2 Å². The number of H-pyrrole nitrogens is 1. The number of aromatic amines is 1. The van der Waals surface area contributed by atoms with Gasteiger partial charge in [0, 0.05) is 25.2 Å². The predicted molar refractivity (Wildman–Crippen MR) is 70.5 cm³/mol. The second-order valence-electron chi connectivity index (χ2n) is 4.86. The summed E-state index contributed by atoms with van der Waals surface area (Å²) in [5, 5.41) is 3.21. The molecule has 2 N–H and O–H groups in total. The summed E-state index contributed by atoms with van der Waals surface area (Å²) in [6, 6.07) is 4.82. The van der Waals surface area contributed by atoms with Crippen molar-refractivity contribution < 1.29 is 9.21 Å². The van der Waals surface area contributed by atoms with Crippen molar-refractivity contribution in [1.82, 2.24) is 15.2 Å². The van der Waals surface area contributed by atoms with Gasteiger partial charge in [0.15, 0.2) is 11.4 Å². The van der Waals surface area contributed by atoms with Crippen LogP contribution in [0.1, 0.15) is 10.4 Å². The highest BCUT2D eigenvalue weighted by Gasteiger charge is 2.24. The van der Waals surface area contributed by atoms with Crippen molar-refractivity contribution in [3.63, 3.8) is 0 Å². The first kappa shape index (κ1) is 12.1. The van der Waals surface area contributed by atoms with Crippen molar-refractivity contribution in [2.24, 2.45) is 0 Å². The molecule has 0 amide bonds. The summed E-state index contributed by atoms with van der Waals surface area (Å²) < 4.78 is 4.97. The van der Waals surface area contributed by atoms with E-state index in [1.807, 2.05) is 7.05 Å². The number of aromatic nitrogens is 1. The standard InChI is InChI=1S/C13H15N3O3/c1-16-5-4-14-10(7-16)12(17)8-2-3-9-11(6-8)19-13(18)15-9/h2-3,6,10,14H,4-5,7H2,1H3,(H,15,18). The number of nitrogens with zero attached hydrogens (tertiary/aromatic N) is 1. The number of carbonyl (C=O) groups excluding carboxylic acids is 1. The molecule has 19 heavy (non-hydrogen) atoms. The number of likely N-dealkylation sites (N-methyl/N-ethyl adjacent to an activating group) is 1. The minimum absolute atomic E-state index is 0.0253. The maximum absolute atomic E-state index is 12.4. The molecule has 0 aliphatic carbocycles.